The molecule has 2 rings (SSSR count). The van der Waals surface area contributed by atoms with E-state index in [1.807, 2.05) is 0 Å². The van der Waals surface area contributed by atoms with Crippen LogP contribution in [0.2, 0.25) is 0 Å². The fraction of sp³-hybridized carbons (Fsp3) is 0.867. The van der Waals surface area contributed by atoms with Crippen LogP contribution in [0.25, 0.3) is 0 Å². The summed E-state index contributed by atoms with van der Waals surface area (Å²) in [6.45, 7) is 10.1. The third-order valence-corrected chi connectivity index (χ3v) is 4.62. The molecule has 120 valence electrons. The first-order valence-electron chi connectivity index (χ1n) is 8.08. The van der Waals surface area contributed by atoms with Crippen molar-refractivity contribution in [3.8, 4) is 0 Å². The van der Waals surface area contributed by atoms with Crippen LogP contribution in [0.15, 0.2) is 5.10 Å². The smallest absolute Gasteiger partial charge is 0.186 e. The van der Waals surface area contributed by atoms with Crippen molar-refractivity contribution in [1.82, 2.24) is 15.6 Å². The molecule has 2 atom stereocenters. The molecule has 0 aromatic heterocycles. The molecular weight excluding hydrogens is 284 g/mol. The molecule has 6 heteroatoms. The molecule has 1 aliphatic heterocycles. The minimum Gasteiger partial charge on any atom is -0.379 e. The van der Waals surface area contributed by atoms with Crippen molar-refractivity contribution in [3.05, 3.63) is 0 Å². The van der Waals surface area contributed by atoms with E-state index in [0.717, 1.165) is 39.4 Å². The van der Waals surface area contributed by atoms with Crippen molar-refractivity contribution < 1.29 is 4.74 Å². The van der Waals surface area contributed by atoms with Crippen LogP contribution in [0.5, 0.6) is 0 Å². The van der Waals surface area contributed by atoms with Crippen molar-refractivity contribution in [2.75, 3.05) is 39.4 Å². The molecule has 1 heterocycles. The number of rotatable bonds is 4. The highest BCUT2D eigenvalue weighted by atomic mass is 32.1. The van der Waals surface area contributed by atoms with Crippen LogP contribution in [-0.4, -0.2) is 55.1 Å². The third kappa shape index (κ3) is 5.52. The number of nitrogens with zero attached hydrogens (tertiary/aromatic N) is 2. The Bertz CT molecular complexity index is 357. The van der Waals surface area contributed by atoms with Gasteiger partial charge in [-0.05, 0) is 36.9 Å². The monoisotopic (exact) mass is 312 g/mol. The van der Waals surface area contributed by atoms with E-state index in [1.54, 1.807) is 0 Å². The Labute approximate surface area is 133 Å². The number of morpholine rings is 1. The minimum atomic E-state index is 0.567. The quantitative estimate of drug-likeness (QED) is 0.610. The van der Waals surface area contributed by atoms with Crippen LogP contribution in [0.4, 0.5) is 0 Å². The Morgan fingerprint density at radius 1 is 1.29 bits per heavy atom. The maximum Gasteiger partial charge on any atom is 0.186 e. The summed E-state index contributed by atoms with van der Waals surface area (Å²) in [5.41, 5.74) is 4.28. The number of thiocarbonyl (C=S) groups is 1. The summed E-state index contributed by atoms with van der Waals surface area (Å²) in [5.74, 6) is 1.13. The van der Waals surface area contributed by atoms with Gasteiger partial charge in [-0.25, -0.2) is 0 Å². The van der Waals surface area contributed by atoms with E-state index in [1.165, 1.54) is 25.0 Å². The second-order valence-electron chi connectivity index (χ2n) is 6.09. The van der Waals surface area contributed by atoms with Crippen LogP contribution >= 0.6 is 12.2 Å². The molecule has 0 aromatic rings. The molecule has 1 saturated carbocycles. The molecule has 5 nitrogen and oxygen atoms in total. The zero-order chi connectivity index (χ0) is 15.1. The molecule has 2 aliphatic rings. The van der Waals surface area contributed by atoms with Gasteiger partial charge in [0.1, 0.15) is 0 Å². The van der Waals surface area contributed by atoms with Gasteiger partial charge in [-0.2, -0.15) is 5.10 Å². The lowest BCUT2D eigenvalue weighted by atomic mass is 9.81. The molecule has 0 radical (unpaired) electrons. The van der Waals surface area contributed by atoms with E-state index < -0.39 is 0 Å². The normalized spacial score (nSPS) is 29.3. The fourth-order valence-electron chi connectivity index (χ4n) is 3.04. The van der Waals surface area contributed by atoms with Gasteiger partial charge in [-0.3, -0.25) is 10.3 Å². The van der Waals surface area contributed by atoms with Gasteiger partial charge >= 0.3 is 0 Å². The number of hydrazone groups is 1. The molecule has 2 fully saturated rings. The van der Waals surface area contributed by atoms with Gasteiger partial charge in [0.2, 0.25) is 0 Å². The highest BCUT2D eigenvalue weighted by Crippen LogP contribution is 2.25. The van der Waals surface area contributed by atoms with Gasteiger partial charge < -0.3 is 10.1 Å². The first-order valence-corrected chi connectivity index (χ1v) is 8.49. The van der Waals surface area contributed by atoms with Gasteiger partial charge in [0, 0.05) is 31.9 Å². The van der Waals surface area contributed by atoms with E-state index in [-0.39, 0.29) is 0 Å². The zero-order valence-electron chi connectivity index (χ0n) is 13.2. The van der Waals surface area contributed by atoms with E-state index >= 15 is 0 Å². The largest absolute Gasteiger partial charge is 0.379 e. The van der Waals surface area contributed by atoms with Crippen molar-refractivity contribution in [3.63, 3.8) is 0 Å². The lowest BCUT2D eigenvalue weighted by Gasteiger charge is -2.27. The van der Waals surface area contributed by atoms with Crippen molar-refractivity contribution >= 4 is 23.0 Å². The van der Waals surface area contributed by atoms with E-state index in [0.29, 0.717) is 16.9 Å². The highest BCUT2D eigenvalue weighted by Gasteiger charge is 2.22. The van der Waals surface area contributed by atoms with Crippen LogP contribution in [0.3, 0.4) is 0 Å². The summed E-state index contributed by atoms with van der Waals surface area (Å²) < 4.78 is 5.33. The summed E-state index contributed by atoms with van der Waals surface area (Å²) in [5, 5.41) is 8.40. The van der Waals surface area contributed by atoms with Crippen LogP contribution in [0, 0.1) is 11.8 Å². The van der Waals surface area contributed by atoms with Crippen molar-refractivity contribution in [2.45, 2.75) is 33.1 Å². The van der Waals surface area contributed by atoms with E-state index in [2.05, 4.69) is 34.6 Å². The standard InChI is InChI=1S/C15H28N4OS/c1-12-4-3-5-13(2)14(12)17-18-15(21)16-6-7-19-8-10-20-11-9-19/h12-13H,3-11H2,1-2H3,(H2,16,18,21)/t12-,13+. The number of hydrogen-bond acceptors (Lipinski definition) is 4. The first kappa shape index (κ1) is 16.6. The Kier molecular flexibility index (Phi) is 6.86. The predicted molar refractivity (Wildman–Crippen MR) is 90.6 cm³/mol. The van der Waals surface area contributed by atoms with E-state index in [9.17, 15) is 0 Å². The summed E-state index contributed by atoms with van der Waals surface area (Å²) in [6, 6.07) is 0. The maximum absolute atomic E-state index is 5.33. The Morgan fingerprint density at radius 3 is 2.62 bits per heavy atom. The van der Waals surface area contributed by atoms with Crippen LogP contribution in [-0.2, 0) is 4.74 Å². The second kappa shape index (κ2) is 8.66. The Balaban J connectivity index is 1.66. The number of nitrogens with one attached hydrogen (secondary N) is 2. The third-order valence-electron chi connectivity index (χ3n) is 4.39. The van der Waals surface area contributed by atoms with Crippen molar-refractivity contribution in [1.29, 1.82) is 0 Å². The molecular formula is C15H28N4OS. The van der Waals surface area contributed by atoms with Gasteiger partial charge in [0.05, 0.1) is 13.2 Å². The van der Waals surface area contributed by atoms with Crippen LogP contribution < -0.4 is 10.7 Å². The SMILES string of the molecule is C[C@@H]1CCC[C@H](C)C1=NNC(=S)NCCN1CCOCC1. The Hall–Kier alpha value is -0.720. The molecule has 1 aliphatic carbocycles. The summed E-state index contributed by atoms with van der Waals surface area (Å²) in [6.07, 6.45) is 3.79. The summed E-state index contributed by atoms with van der Waals surface area (Å²) >= 11 is 5.29. The Morgan fingerprint density at radius 2 is 1.95 bits per heavy atom. The molecule has 1 saturated heterocycles. The highest BCUT2D eigenvalue weighted by molar-refractivity contribution is 7.80. The first-order chi connectivity index (χ1) is 10.2. The van der Waals surface area contributed by atoms with E-state index in [4.69, 9.17) is 17.0 Å². The molecule has 2 N–H and O–H groups in total. The lowest BCUT2D eigenvalue weighted by Crippen LogP contribution is -2.43. The summed E-state index contributed by atoms with van der Waals surface area (Å²) in [4.78, 5) is 2.39. The number of ether oxygens (including phenoxy) is 1. The molecule has 0 unspecified atom stereocenters. The van der Waals surface area contributed by atoms with Gasteiger partial charge in [-0.15, -0.1) is 0 Å². The van der Waals surface area contributed by atoms with Gasteiger partial charge in [0.15, 0.2) is 5.11 Å². The summed E-state index contributed by atoms with van der Waals surface area (Å²) in [7, 11) is 0. The second-order valence-corrected chi connectivity index (χ2v) is 6.50. The zero-order valence-corrected chi connectivity index (χ0v) is 14.0. The van der Waals surface area contributed by atoms with Gasteiger partial charge in [0.25, 0.3) is 0 Å². The van der Waals surface area contributed by atoms with Gasteiger partial charge in [-0.1, -0.05) is 20.3 Å². The van der Waals surface area contributed by atoms with Crippen molar-refractivity contribution in [2.24, 2.45) is 16.9 Å². The average molecular weight is 312 g/mol. The number of hydrogen-bond donors (Lipinski definition) is 2. The topological polar surface area (TPSA) is 48.9 Å². The molecule has 0 amide bonds. The average Bonchev–Trinajstić information content (AvgIpc) is 2.48. The lowest BCUT2D eigenvalue weighted by molar-refractivity contribution is 0.0389. The maximum atomic E-state index is 5.33. The molecule has 0 bridgehead atoms. The predicted octanol–water partition coefficient (Wildman–Crippen LogP) is 1.59. The molecule has 0 spiro atoms. The molecule has 21 heavy (non-hydrogen) atoms. The molecule has 0 aromatic carbocycles. The fourth-order valence-corrected chi connectivity index (χ4v) is 3.19. The minimum absolute atomic E-state index is 0.567. The van der Waals surface area contributed by atoms with Crippen LogP contribution in [0.1, 0.15) is 33.1 Å².